The van der Waals surface area contributed by atoms with Gasteiger partial charge in [0.1, 0.15) is 0 Å². The number of aliphatic hydroxyl groups excluding tert-OH is 1. The molecule has 0 unspecified atom stereocenters. The summed E-state index contributed by atoms with van der Waals surface area (Å²) in [6, 6.07) is -0.212. The van der Waals surface area contributed by atoms with Crippen molar-refractivity contribution in [2.45, 2.75) is 6.04 Å². The predicted octanol–water partition coefficient (Wildman–Crippen LogP) is -1.12. The van der Waals surface area contributed by atoms with Gasteiger partial charge in [0.15, 0.2) is 5.69 Å². The fraction of sp³-hybridized carbons (Fsp3) is 0.600. The zero-order valence-electron chi connectivity index (χ0n) is 10.4. The molecule has 1 saturated heterocycles. The Morgan fingerprint density at radius 3 is 2.74 bits per heavy atom. The van der Waals surface area contributed by atoms with Crippen molar-refractivity contribution in [1.82, 2.24) is 24.8 Å². The molecule has 0 radical (unpaired) electrons. The summed E-state index contributed by atoms with van der Waals surface area (Å²) in [4.78, 5) is 25.5. The number of carboxylic acid groups (broad SMARTS) is 1. The maximum Gasteiger partial charge on any atom is 0.358 e. The van der Waals surface area contributed by atoms with Crippen LogP contribution < -0.4 is 0 Å². The van der Waals surface area contributed by atoms with Crippen LogP contribution in [0, 0.1) is 0 Å². The molecule has 1 fully saturated rings. The molecule has 9 nitrogen and oxygen atoms in total. The summed E-state index contributed by atoms with van der Waals surface area (Å²) >= 11 is 0. The van der Waals surface area contributed by atoms with Crippen molar-refractivity contribution in [1.29, 1.82) is 0 Å². The highest BCUT2D eigenvalue weighted by Crippen LogP contribution is 2.21. The second-order valence-corrected chi connectivity index (χ2v) is 4.38. The Kier molecular flexibility index (Phi) is 3.65. The van der Waals surface area contributed by atoms with Gasteiger partial charge in [0.2, 0.25) is 0 Å². The molecule has 2 amide bonds. The van der Waals surface area contributed by atoms with Crippen LogP contribution in [0.1, 0.15) is 16.5 Å². The van der Waals surface area contributed by atoms with E-state index in [1.54, 1.807) is 11.9 Å². The Hall–Kier alpha value is -2.16. The number of likely N-dealkylation sites (tertiary alicyclic amines) is 1. The molecule has 0 bridgehead atoms. The van der Waals surface area contributed by atoms with Crippen LogP contribution in [-0.2, 0) is 0 Å². The van der Waals surface area contributed by atoms with E-state index in [0.29, 0.717) is 13.1 Å². The Morgan fingerprint density at radius 1 is 1.53 bits per heavy atom. The number of amides is 2. The van der Waals surface area contributed by atoms with Crippen molar-refractivity contribution in [3.05, 3.63) is 11.9 Å². The number of carbonyl (C=O) groups excluding carboxylic acids is 1. The van der Waals surface area contributed by atoms with Crippen LogP contribution in [0.5, 0.6) is 0 Å². The number of urea groups is 1. The monoisotopic (exact) mass is 269 g/mol. The minimum atomic E-state index is -1.12. The summed E-state index contributed by atoms with van der Waals surface area (Å²) in [5, 5.41) is 24.7. The molecule has 1 aromatic heterocycles. The van der Waals surface area contributed by atoms with Crippen LogP contribution in [0.4, 0.5) is 4.79 Å². The zero-order valence-corrected chi connectivity index (χ0v) is 10.4. The number of likely N-dealkylation sites (N-methyl/N-ethyl adjacent to an activating group) is 1. The van der Waals surface area contributed by atoms with Gasteiger partial charge in [-0.2, -0.15) is 0 Å². The normalized spacial score (nSPS) is 15.2. The van der Waals surface area contributed by atoms with E-state index in [1.165, 1.54) is 15.8 Å². The lowest BCUT2D eigenvalue weighted by Gasteiger charge is -2.40. The highest BCUT2D eigenvalue weighted by molar-refractivity contribution is 5.84. The van der Waals surface area contributed by atoms with Gasteiger partial charge in [0.25, 0.3) is 0 Å². The van der Waals surface area contributed by atoms with E-state index in [1.807, 2.05) is 0 Å². The number of aliphatic hydroxyl groups is 1. The molecule has 2 heterocycles. The lowest BCUT2D eigenvalue weighted by atomic mass is 10.1. The molecule has 104 valence electrons. The smallest absolute Gasteiger partial charge is 0.358 e. The number of hydrogen-bond acceptors (Lipinski definition) is 5. The first kappa shape index (κ1) is 13.3. The van der Waals surface area contributed by atoms with Crippen LogP contribution in [0.15, 0.2) is 6.20 Å². The summed E-state index contributed by atoms with van der Waals surface area (Å²) in [6.07, 6.45) is 1.35. The molecule has 0 saturated carbocycles. The van der Waals surface area contributed by atoms with Crippen molar-refractivity contribution in [3.63, 3.8) is 0 Å². The summed E-state index contributed by atoms with van der Waals surface area (Å²) in [7, 11) is 1.61. The molecule has 9 heteroatoms. The zero-order chi connectivity index (χ0) is 14.0. The number of aromatic nitrogens is 3. The fourth-order valence-corrected chi connectivity index (χ4v) is 1.82. The third kappa shape index (κ3) is 2.65. The highest BCUT2D eigenvalue weighted by atomic mass is 16.4. The molecule has 1 aliphatic rings. The summed E-state index contributed by atoms with van der Waals surface area (Å²) in [6.45, 7) is 1.12. The Balaban J connectivity index is 1.88. The van der Waals surface area contributed by atoms with E-state index in [2.05, 4.69) is 10.3 Å². The van der Waals surface area contributed by atoms with Crippen LogP contribution in [0.3, 0.4) is 0 Å². The molecular weight excluding hydrogens is 254 g/mol. The molecule has 2 N–H and O–H groups in total. The molecule has 0 aliphatic carbocycles. The van der Waals surface area contributed by atoms with E-state index in [-0.39, 0.29) is 30.9 Å². The molecule has 1 aliphatic heterocycles. The van der Waals surface area contributed by atoms with Gasteiger partial charge in [0.05, 0.1) is 18.8 Å². The maximum atomic E-state index is 11.8. The number of aromatic carboxylic acids is 1. The van der Waals surface area contributed by atoms with E-state index >= 15 is 0 Å². The van der Waals surface area contributed by atoms with Crippen LogP contribution in [0.25, 0.3) is 0 Å². The summed E-state index contributed by atoms with van der Waals surface area (Å²) in [5.74, 6) is -1.12. The second kappa shape index (κ2) is 5.22. The number of hydrogen-bond donors (Lipinski definition) is 2. The van der Waals surface area contributed by atoms with Crippen LogP contribution >= 0.6 is 0 Å². The molecule has 1 aromatic rings. The third-order valence-corrected chi connectivity index (χ3v) is 3.00. The second-order valence-electron chi connectivity index (χ2n) is 4.38. The largest absolute Gasteiger partial charge is 0.476 e. The van der Waals surface area contributed by atoms with E-state index < -0.39 is 5.97 Å². The SMILES string of the molecule is CN(CCO)C(=O)N1CC(n2cc(C(=O)O)nn2)C1. The Bertz CT molecular complexity index is 482. The van der Waals surface area contributed by atoms with Gasteiger partial charge in [-0.05, 0) is 0 Å². The van der Waals surface area contributed by atoms with Gasteiger partial charge in [-0.15, -0.1) is 5.10 Å². The molecule has 0 aromatic carbocycles. The lowest BCUT2D eigenvalue weighted by Crippen LogP contribution is -2.55. The Morgan fingerprint density at radius 2 is 2.21 bits per heavy atom. The Labute approximate surface area is 109 Å². The van der Waals surface area contributed by atoms with E-state index in [4.69, 9.17) is 10.2 Å². The number of nitrogens with zero attached hydrogens (tertiary/aromatic N) is 5. The topological polar surface area (TPSA) is 112 Å². The summed E-state index contributed by atoms with van der Waals surface area (Å²) in [5.41, 5.74) is -0.109. The van der Waals surface area contributed by atoms with Crippen molar-refractivity contribution >= 4 is 12.0 Å². The number of carboxylic acids is 1. The highest BCUT2D eigenvalue weighted by Gasteiger charge is 2.34. The average Bonchev–Trinajstić information content (AvgIpc) is 2.76. The minimum Gasteiger partial charge on any atom is -0.476 e. The molecule has 0 spiro atoms. The van der Waals surface area contributed by atoms with Gasteiger partial charge < -0.3 is 20.0 Å². The molecule has 0 atom stereocenters. The van der Waals surface area contributed by atoms with Crippen LogP contribution in [0.2, 0.25) is 0 Å². The minimum absolute atomic E-state index is 0.0490. The molecular formula is C10H15N5O4. The van der Waals surface area contributed by atoms with Crippen molar-refractivity contribution in [2.75, 3.05) is 33.3 Å². The average molecular weight is 269 g/mol. The molecule has 2 rings (SSSR count). The van der Waals surface area contributed by atoms with E-state index in [0.717, 1.165) is 0 Å². The van der Waals surface area contributed by atoms with Gasteiger partial charge in [-0.25, -0.2) is 14.3 Å². The first-order chi connectivity index (χ1) is 9.02. The van der Waals surface area contributed by atoms with Gasteiger partial charge in [-0.1, -0.05) is 5.21 Å². The first-order valence-electron chi connectivity index (χ1n) is 5.79. The predicted molar refractivity (Wildman–Crippen MR) is 62.7 cm³/mol. The quantitative estimate of drug-likeness (QED) is 0.716. The van der Waals surface area contributed by atoms with Crippen molar-refractivity contribution < 1.29 is 19.8 Å². The summed E-state index contributed by atoms with van der Waals surface area (Å²) < 4.78 is 1.46. The molecule has 19 heavy (non-hydrogen) atoms. The first-order valence-corrected chi connectivity index (χ1v) is 5.79. The van der Waals surface area contributed by atoms with Crippen molar-refractivity contribution in [3.8, 4) is 0 Å². The van der Waals surface area contributed by atoms with Crippen LogP contribution in [-0.4, -0.2) is 80.3 Å². The van der Waals surface area contributed by atoms with Gasteiger partial charge >= 0.3 is 12.0 Å². The number of carbonyl (C=O) groups is 2. The maximum absolute atomic E-state index is 11.8. The van der Waals surface area contributed by atoms with E-state index in [9.17, 15) is 9.59 Å². The van der Waals surface area contributed by atoms with Gasteiger partial charge in [-0.3, -0.25) is 0 Å². The lowest BCUT2D eigenvalue weighted by molar-refractivity contribution is 0.0689. The standard InChI is InChI=1S/C10H15N5O4/c1-13(2-3-16)10(19)14-4-7(5-14)15-6-8(9(17)18)11-12-15/h6-7,16H,2-5H2,1H3,(H,17,18). The number of rotatable bonds is 4. The van der Waals surface area contributed by atoms with Gasteiger partial charge in [0, 0.05) is 26.7 Å². The third-order valence-electron chi connectivity index (χ3n) is 3.00. The fourth-order valence-electron chi connectivity index (χ4n) is 1.82. The van der Waals surface area contributed by atoms with Crippen molar-refractivity contribution in [2.24, 2.45) is 0 Å².